The van der Waals surface area contributed by atoms with Crippen LogP contribution in [0.5, 0.6) is 11.5 Å². The Balaban J connectivity index is 2.00. The number of anilines is 1. The lowest BCUT2D eigenvalue weighted by molar-refractivity contribution is -0.386. The minimum atomic E-state index is -3.88. The average molecular weight is 474 g/mol. The van der Waals surface area contributed by atoms with E-state index in [1.54, 1.807) is 20.8 Å². The van der Waals surface area contributed by atoms with Crippen molar-refractivity contribution in [1.29, 1.82) is 0 Å². The van der Waals surface area contributed by atoms with Crippen LogP contribution in [0.2, 0.25) is 0 Å². The second-order valence-corrected chi connectivity index (χ2v) is 8.96. The Morgan fingerprint density at radius 3 is 2.36 bits per heavy atom. The van der Waals surface area contributed by atoms with Gasteiger partial charge in [-0.2, -0.15) is 10.1 Å². The summed E-state index contributed by atoms with van der Waals surface area (Å²) in [7, 11) is -2.51. The fraction of sp³-hybridized carbons (Fsp3) is 0.238. The predicted octanol–water partition coefficient (Wildman–Crippen LogP) is 2.84. The molecule has 1 aliphatic heterocycles. The second-order valence-electron chi connectivity index (χ2n) is 7.39. The molecular weight excluding hydrogens is 452 g/mol. The van der Waals surface area contributed by atoms with E-state index in [1.165, 1.54) is 49.6 Å². The number of nitrogens with zero attached hydrogens (tertiary/aromatic N) is 3. The molecular formula is C21H22N4O7S. The first kappa shape index (κ1) is 23.9. The third kappa shape index (κ3) is 5.02. The van der Waals surface area contributed by atoms with Gasteiger partial charge in [0.15, 0.2) is 5.75 Å². The van der Waals surface area contributed by atoms with Gasteiger partial charge in [0.1, 0.15) is 0 Å². The van der Waals surface area contributed by atoms with Crippen LogP contribution in [0.3, 0.4) is 0 Å². The van der Waals surface area contributed by atoms with Crippen molar-refractivity contribution in [2.24, 2.45) is 10.2 Å². The minimum absolute atomic E-state index is 0.000593. The molecule has 174 valence electrons. The molecule has 0 radical (unpaired) electrons. The maximum atomic E-state index is 13.0. The van der Waals surface area contributed by atoms with Gasteiger partial charge in [-0.3, -0.25) is 14.9 Å². The molecule has 0 saturated heterocycles. The molecule has 0 aromatic heterocycles. The highest BCUT2D eigenvalue weighted by Crippen LogP contribution is 2.40. The number of hydrogen-bond donors (Lipinski definition) is 1. The van der Waals surface area contributed by atoms with Crippen LogP contribution in [0, 0.1) is 10.1 Å². The zero-order chi connectivity index (χ0) is 24.5. The van der Waals surface area contributed by atoms with Crippen molar-refractivity contribution in [2.75, 3.05) is 12.1 Å². The summed E-state index contributed by atoms with van der Waals surface area (Å²) in [5, 5.41) is 22.1. The summed E-state index contributed by atoms with van der Waals surface area (Å²) >= 11 is 0. The van der Waals surface area contributed by atoms with Crippen molar-refractivity contribution in [3.8, 4) is 11.5 Å². The van der Waals surface area contributed by atoms with Crippen LogP contribution >= 0.6 is 0 Å². The van der Waals surface area contributed by atoms with E-state index in [0.717, 1.165) is 5.01 Å². The number of amides is 1. The molecule has 1 amide bonds. The van der Waals surface area contributed by atoms with Gasteiger partial charge in [-0.15, -0.1) is 0 Å². The van der Waals surface area contributed by atoms with Crippen LogP contribution in [-0.2, 0) is 14.8 Å². The summed E-state index contributed by atoms with van der Waals surface area (Å²) in [6, 6.07) is 8.17. The molecule has 2 N–H and O–H groups in total. The highest BCUT2D eigenvalue weighted by atomic mass is 32.2. The van der Waals surface area contributed by atoms with Crippen LogP contribution in [0.25, 0.3) is 6.08 Å². The number of benzene rings is 2. The molecule has 1 heterocycles. The van der Waals surface area contributed by atoms with Crippen molar-refractivity contribution in [2.45, 2.75) is 31.8 Å². The van der Waals surface area contributed by atoms with Crippen molar-refractivity contribution in [1.82, 2.24) is 0 Å². The smallest absolute Gasteiger partial charge is 0.315 e. The number of carbonyl (C=O) groups is 1. The van der Waals surface area contributed by atoms with Gasteiger partial charge in [-0.1, -0.05) is 0 Å². The molecule has 0 aliphatic carbocycles. The predicted molar refractivity (Wildman–Crippen MR) is 122 cm³/mol. The van der Waals surface area contributed by atoms with E-state index >= 15 is 0 Å². The summed E-state index contributed by atoms with van der Waals surface area (Å²) in [4.78, 5) is 23.9. The van der Waals surface area contributed by atoms with E-state index in [-0.39, 0.29) is 33.8 Å². The Kier molecular flexibility index (Phi) is 6.51. The SMILES string of the molecule is COc1cc(/C=C2/C(=O)N(c3ccc(S(N)(=O)=O)cc3)N=C2C)cc([N+](=O)[O-])c1OC(C)C. The van der Waals surface area contributed by atoms with Gasteiger partial charge >= 0.3 is 5.69 Å². The monoisotopic (exact) mass is 474 g/mol. The number of ether oxygens (including phenoxy) is 2. The number of nitrogens with two attached hydrogens (primary N) is 1. The van der Waals surface area contributed by atoms with E-state index in [0.29, 0.717) is 17.0 Å². The first-order chi connectivity index (χ1) is 15.4. The van der Waals surface area contributed by atoms with Crippen LogP contribution in [0.4, 0.5) is 11.4 Å². The number of methoxy groups -OCH3 is 1. The maximum absolute atomic E-state index is 13.0. The molecule has 1 aliphatic rings. The first-order valence-electron chi connectivity index (χ1n) is 9.70. The summed E-state index contributed by atoms with van der Waals surface area (Å²) in [6.45, 7) is 5.09. The molecule has 33 heavy (non-hydrogen) atoms. The lowest BCUT2D eigenvalue weighted by atomic mass is 10.1. The Labute approximate surface area is 190 Å². The van der Waals surface area contributed by atoms with Crippen LogP contribution in [-0.4, -0.2) is 38.2 Å². The molecule has 0 spiro atoms. The molecule has 3 rings (SSSR count). The molecule has 0 fully saturated rings. The van der Waals surface area contributed by atoms with Gasteiger partial charge in [0.2, 0.25) is 15.8 Å². The van der Waals surface area contributed by atoms with Crippen molar-refractivity contribution in [3.63, 3.8) is 0 Å². The lowest BCUT2D eigenvalue weighted by Crippen LogP contribution is -2.21. The van der Waals surface area contributed by atoms with Crippen LogP contribution < -0.4 is 19.6 Å². The molecule has 12 heteroatoms. The first-order valence-corrected chi connectivity index (χ1v) is 11.2. The van der Waals surface area contributed by atoms with Gasteiger partial charge in [0.05, 0.1) is 40.0 Å². The fourth-order valence-corrected chi connectivity index (χ4v) is 3.65. The van der Waals surface area contributed by atoms with E-state index in [4.69, 9.17) is 14.6 Å². The Hall–Kier alpha value is -3.77. The summed E-state index contributed by atoms with van der Waals surface area (Å²) in [5.41, 5.74) is 0.961. The number of sulfonamides is 1. The number of hydrazone groups is 1. The number of hydrogen-bond acceptors (Lipinski definition) is 8. The second kappa shape index (κ2) is 9.00. The Morgan fingerprint density at radius 2 is 1.85 bits per heavy atom. The fourth-order valence-electron chi connectivity index (χ4n) is 3.14. The summed E-state index contributed by atoms with van der Waals surface area (Å²) in [6.07, 6.45) is 1.15. The topological polar surface area (TPSA) is 154 Å². The van der Waals surface area contributed by atoms with E-state index < -0.39 is 20.9 Å². The third-order valence-corrected chi connectivity index (χ3v) is 5.54. The van der Waals surface area contributed by atoms with Gasteiger partial charge in [-0.25, -0.2) is 13.6 Å². The largest absolute Gasteiger partial charge is 0.493 e. The van der Waals surface area contributed by atoms with E-state index in [9.17, 15) is 23.3 Å². The zero-order valence-electron chi connectivity index (χ0n) is 18.3. The van der Waals surface area contributed by atoms with Crippen molar-refractivity contribution < 1.29 is 27.6 Å². The lowest BCUT2D eigenvalue weighted by Gasteiger charge is -2.14. The highest BCUT2D eigenvalue weighted by molar-refractivity contribution is 7.89. The minimum Gasteiger partial charge on any atom is -0.493 e. The maximum Gasteiger partial charge on any atom is 0.315 e. The van der Waals surface area contributed by atoms with Gasteiger partial charge in [-0.05, 0) is 62.7 Å². The van der Waals surface area contributed by atoms with Crippen LogP contribution in [0.1, 0.15) is 26.3 Å². The number of primary sulfonamides is 1. The number of carbonyl (C=O) groups excluding carboxylic acids is 1. The zero-order valence-corrected chi connectivity index (χ0v) is 19.1. The van der Waals surface area contributed by atoms with E-state index in [2.05, 4.69) is 5.10 Å². The molecule has 2 aromatic rings. The quantitative estimate of drug-likeness (QED) is 0.367. The average Bonchev–Trinajstić information content (AvgIpc) is 3.01. The standard InChI is InChI=1S/C21H22N4O7S/c1-12(2)32-20-18(25(27)28)10-14(11-19(20)31-4)9-17-13(3)23-24(21(17)26)15-5-7-16(8-6-15)33(22,29)30/h5-12H,1-4H3,(H2,22,29,30)/b17-9+. The van der Waals surface area contributed by atoms with Gasteiger partial charge in [0.25, 0.3) is 5.91 Å². The number of rotatable bonds is 7. The Morgan fingerprint density at radius 1 is 1.21 bits per heavy atom. The Bertz CT molecular complexity index is 1280. The highest BCUT2D eigenvalue weighted by Gasteiger charge is 2.30. The number of nitro groups is 1. The van der Waals surface area contributed by atoms with Gasteiger partial charge < -0.3 is 9.47 Å². The molecule has 2 aromatic carbocycles. The normalized spacial score (nSPS) is 15.2. The number of nitro benzene ring substituents is 1. The molecule has 0 saturated carbocycles. The van der Waals surface area contributed by atoms with Crippen LogP contribution in [0.15, 0.2) is 52.0 Å². The molecule has 0 bridgehead atoms. The van der Waals surface area contributed by atoms with E-state index in [1.807, 2.05) is 0 Å². The molecule has 0 unspecified atom stereocenters. The van der Waals surface area contributed by atoms with Gasteiger partial charge in [0, 0.05) is 6.07 Å². The summed E-state index contributed by atoms with van der Waals surface area (Å²) < 4.78 is 33.7. The van der Waals surface area contributed by atoms with Crippen molar-refractivity contribution >= 4 is 39.1 Å². The third-order valence-electron chi connectivity index (χ3n) is 4.61. The molecule has 0 atom stereocenters. The summed E-state index contributed by atoms with van der Waals surface area (Å²) in [5.74, 6) is -0.334. The molecule has 11 nitrogen and oxygen atoms in total. The van der Waals surface area contributed by atoms with Crippen molar-refractivity contribution in [3.05, 3.63) is 57.6 Å².